The van der Waals surface area contributed by atoms with Crippen LogP contribution < -0.4 is 0 Å². The van der Waals surface area contributed by atoms with E-state index < -0.39 is 6.10 Å². The molecule has 188 valence electrons. The average molecular weight is 447 g/mol. The van der Waals surface area contributed by atoms with E-state index in [4.69, 9.17) is 4.74 Å². The van der Waals surface area contributed by atoms with Crippen LogP contribution in [0.2, 0.25) is 0 Å². The van der Waals surface area contributed by atoms with Gasteiger partial charge in [-0.3, -0.25) is 0 Å². The van der Waals surface area contributed by atoms with Crippen LogP contribution in [0.3, 0.4) is 0 Å². The van der Waals surface area contributed by atoms with Gasteiger partial charge in [0.1, 0.15) is 25.7 Å². The highest BCUT2D eigenvalue weighted by atomic mass is 16.5. The van der Waals surface area contributed by atoms with Gasteiger partial charge in [-0.15, -0.1) is 0 Å². The minimum Gasteiger partial charge on any atom is -0.391 e. The number of ether oxygens (including phenoxy) is 1. The molecule has 0 aromatic carbocycles. The van der Waals surface area contributed by atoms with Gasteiger partial charge in [-0.1, -0.05) is 103 Å². The number of quaternary nitrogens is 1. The molecule has 0 aliphatic rings. The van der Waals surface area contributed by atoms with Crippen molar-refractivity contribution in [1.82, 2.24) is 0 Å². The molecule has 5 nitrogen and oxygen atoms in total. The van der Waals surface area contributed by atoms with Gasteiger partial charge in [0, 0.05) is 6.61 Å². The van der Waals surface area contributed by atoms with Crippen molar-refractivity contribution >= 4 is 0 Å². The van der Waals surface area contributed by atoms with Crippen LogP contribution in [0.1, 0.15) is 110 Å². The van der Waals surface area contributed by atoms with E-state index in [0.717, 1.165) is 6.42 Å². The van der Waals surface area contributed by atoms with Crippen molar-refractivity contribution in [1.29, 1.82) is 0 Å². The summed E-state index contributed by atoms with van der Waals surface area (Å²) >= 11 is 0. The number of nitrogens with zero attached hydrogens (tertiary/aromatic N) is 1. The van der Waals surface area contributed by atoms with Crippen molar-refractivity contribution in [3.63, 3.8) is 0 Å². The topological polar surface area (TPSA) is 69.9 Å². The third kappa shape index (κ3) is 21.4. The molecule has 0 amide bonds. The normalized spacial score (nSPS) is 13.1. The zero-order chi connectivity index (χ0) is 23.0. The number of rotatable bonds is 25. The van der Waals surface area contributed by atoms with Crippen molar-refractivity contribution in [2.45, 2.75) is 116 Å². The Morgan fingerprint density at radius 2 is 1.03 bits per heavy atom. The summed E-state index contributed by atoms with van der Waals surface area (Å²) < 4.78 is 6.10. The predicted molar refractivity (Wildman–Crippen MR) is 131 cm³/mol. The number of unbranched alkanes of at least 4 members (excludes halogenated alkanes) is 15. The van der Waals surface area contributed by atoms with E-state index in [-0.39, 0.29) is 13.2 Å². The zero-order valence-electron chi connectivity index (χ0n) is 21.0. The lowest BCUT2D eigenvalue weighted by atomic mass is 10.0. The van der Waals surface area contributed by atoms with Crippen LogP contribution in [0.5, 0.6) is 0 Å². The molecule has 31 heavy (non-hydrogen) atoms. The Kier molecular flexibility index (Phi) is 22.8. The lowest BCUT2D eigenvalue weighted by Gasteiger charge is -2.35. The van der Waals surface area contributed by atoms with E-state index in [0.29, 0.717) is 37.3 Å². The summed E-state index contributed by atoms with van der Waals surface area (Å²) in [5.74, 6) is 0. The first-order valence-electron chi connectivity index (χ1n) is 13.4. The zero-order valence-corrected chi connectivity index (χ0v) is 21.0. The molecular formula is C26H56NO4+. The molecule has 0 aromatic rings. The van der Waals surface area contributed by atoms with Crippen LogP contribution in [0.25, 0.3) is 0 Å². The maximum Gasteiger partial charge on any atom is 0.126 e. The van der Waals surface area contributed by atoms with Gasteiger partial charge in [-0.05, 0) is 6.42 Å². The lowest BCUT2D eigenvalue weighted by Crippen LogP contribution is -2.52. The van der Waals surface area contributed by atoms with Crippen molar-refractivity contribution < 1.29 is 24.5 Å². The van der Waals surface area contributed by atoms with Crippen molar-refractivity contribution in [2.75, 3.05) is 53.1 Å². The second-order valence-corrected chi connectivity index (χ2v) is 9.73. The van der Waals surface area contributed by atoms with Crippen molar-refractivity contribution in [3.8, 4) is 0 Å². The molecule has 0 aromatic heterocycles. The van der Waals surface area contributed by atoms with Gasteiger partial charge in [0.05, 0.1) is 26.9 Å². The lowest BCUT2D eigenvalue weighted by molar-refractivity contribution is -0.913. The molecule has 1 atom stereocenters. The maximum atomic E-state index is 10.2. The minimum atomic E-state index is -0.552. The summed E-state index contributed by atoms with van der Waals surface area (Å²) in [4.78, 5) is 0. The first-order valence-corrected chi connectivity index (χ1v) is 13.4. The molecular weight excluding hydrogens is 390 g/mol. The standard InChI is InChI=1S/C26H56NO4/c1-3-4-5-6-7-8-9-10-11-12-13-14-15-16-17-18-23-31-25-26(30)24-27(2,19-21-28)20-22-29/h26,28-30H,3-25H2,1-2H3/q+1. The van der Waals surface area contributed by atoms with Crippen LogP contribution >= 0.6 is 0 Å². The van der Waals surface area contributed by atoms with Gasteiger partial charge in [-0.25, -0.2) is 0 Å². The quantitative estimate of drug-likeness (QED) is 0.135. The molecule has 0 saturated carbocycles. The van der Waals surface area contributed by atoms with E-state index >= 15 is 0 Å². The van der Waals surface area contributed by atoms with Crippen LogP contribution in [0.15, 0.2) is 0 Å². The highest BCUT2D eigenvalue weighted by Gasteiger charge is 2.24. The first-order chi connectivity index (χ1) is 15.1. The summed E-state index contributed by atoms with van der Waals surface area (Å²) in [6.07, 6.45) is 21.3. The van der Waals surface area contributed by atoms with Gasteiger partial charge in [-0.2, -0.15) is 0 Å². The number of hydrogen-bond donors (Lipinski definition) is 3. The highest BCUT2D eigenvalue weighted by Crippen LogP contribution is 2.13. The maximum absolute atomic E-state index is 10.2. The predicted octanol–water partition coefficient (Wildman–Crippen LogP) is 5.06. The van der Waals surface area contributed by atoms with Gasteiger partial charge in [0.2, 0.25) is 0 Å². The number of aliphatic hydroxyl groups excluding tert-OH is 3. The monoisotopic (exact) mass is 446 g/mol. The summed E-state index contributed by atoms with van der Waals surface area (Å²) in [6.45, 7) is 5.02. The average Bonchev–Trinajstić information content (AvgIpc) is 2.73. The fourth-order valence-electron chi connectivity index (χ4n) is 4.31. The largest absolute Gasteiger partial charge is 0.391 e. The Bertz CT molecular complexity index is 348. The fraction of sp³-hybridized carbons (Fsp3) is 1.00. The van der Waals surface area contributed by atoms with E-state index in [1.807, 2.05) is 7.05 Å². The fourth-order valence-corrected chi connectivity index (χ4v) is 4.31. The molecule has 0 heterocycles. The van der Waals surface area contributed by atoms with Gasteiger partial charge in [0.25, 0.3) is 0 Å². The van der Waals surface area contributed by atoms with Crippen molar-refractivity contribution in [2.24, 2.45) is 0 Å². The summed E-state index contributed by atoms with van der Waals surface area (Å²) in [5.41, 5.74) is 0. The van der Waals surface area contributed by atoms with E-state index in [2.05, 4.69) is 6.92 Å². The molecule has 0 aliphatic carbocycles. The number of likely N-dealkylation sites (N-methyl/N-ethyl adjacent to an activating group) is 1. The molecule has 5 heteroatoms. The Balaban J connectivity index is 3.34. The Morgan fingerprint density at radius 1 is 0.645 bits per heavy atom. The molecule has 0 radical (unpaired) electrons. The summed E-state index contributed by atoms with van der Waals surface area (Å²) in [6, 6.07) is 0. The smallest absolute Gasteiger partial charge is 0.126 e. The number of aliphatic hydroxyl groups is 3. The van der Waals surface area contributed by atoms with Crippen LogP contribution in [0.4, 0.5) is 0 Å². The Labute approximate surface area is 193 Å². The Morgan fingerprint density at radius 3 is 1.42 bits per heavy atom. The molecule has 0 spiro atoms. The second kappa shape index (κ2) is 23.0. The number of hydrogen-bond acceptors (Lipinski definition) is 4. The molecule has 3 N–H and O–H groups in total. The first kappa shape index (κ1) is 30.8. The molecule has 0 bridgehead atoms. The second-order valence-electron chi connectivity index (χ2n) is 9.73. The van der Waals surface area contributed by atoms with Gasteiger partial charge < -0.3 is 24.5 Å². The molecule has 0 rings (SSSR count). The molecule has 0 saturated heterocycles. The summed E-state index contributed by atoms with van der Waals surface area (Å²) in [5, 5.41) is 28.5. The van der Waals surface area contributed by atoms with Gasteiger partial charge in [0.15, 0.2) is 0 Å². The van der Waals surface area contributed by atoms with E-state index in [1.165, 1.54) is 96.3 Å². The summed E-state index contributed by atoms with van der Waals surface area (Å²) in [7, 11) is 1.95. The molecule has 0 fully saturated rings. The van der Waals surface area contributed by atoms with Gasteiger partial charge >= 0.3 is 0 Å². The molecule has 1 unspecified atom stereocenters. The SMILES string of the molecule is CCCCCCCCCCCCCCCCCCOCC(O)C[N+](C)(CCO)CCO. The van der Waals surface area contributed by atoms with E-state index in [9.17, 15) is 15.3 Å². The Hall–Kier alpha value is -0.200. The van der Waals surface area contributed by atoms with Crippen molar-refractivity contribution in [3.05, 3.63) is 0 Å². The van der Waals surface area contributed by atoms with Crippen LogP contribution in [-0.4, -0.2) is 79.0 Å². The third-order valence-electron chi connectivity index (χ3n) is 6.38. The van der Waals surface area contributed by atoms with Crippen LogP contribution in [0, 0.1) is 0 Å². The minimum absolute atomic E-state index is 0.0588. The molecule has 0 aliphatic heterocycles. The van der Waals surface area contributed by atoms with Crippen LogP contribution in [-0.2, 0) is 4.74 Å². The van der Waals surface area contributed by atoms with E-state index in [1.54, 1.807) is 0 Å². The third-order valence-corrected chi connectivity index (χ3v) is 6.38. The highest BCUT2D eigenvalue weighted by molar-refractivity contribution is 4.55.